The molecule has 2 aliphatic rings. The Morgan fingerprint density at radius 1 is 1.36 bits per heavy atom. The number of ether oxygens (including phenoxy) is 2. The van der Waals surface area contributed by atoms with Crippen LogP contribution in [0.1, 0.15) is 22.3 Å². The van der Waals surface area contributed by atoms with Crippen LogP contribution in [0.3, 0.4) is 0 Å². The number of carbonyl (C=O) groups is 2. The van der Waals surface area contributed by atoms with Gasteiger partial charge in [-0.25, -0.2) is 4.79 Å². The van der Waals surface area contributed by atoms with Crippen molar-refractivity contribution in [3.05, 3.63) is 35.4 Å². The van der Waals surface area contributed by atoms with Crippen LogP contribution < -0.4 is 9.47 Å². The van der Waals surface area contributed by atoms with E-state index in [-0.39, 0.29) is 5.91 Å². The normalized spacial score (nSPS) is 19.5. The Bertz CT molecular complexity index is 652. The lowest BCUT2D eigenvalue weighted by Crippen LogP contribution is -2.55. The Labute approximate surface area is 127 Å². The first-order valence-electron chi connectivity index (χ1n) is 7.14. The van der Waals surface area contributed by atoms with Crippen molar-refractivity contribution in [3.63, 3.8) is 0 Å². The number of carbonyl (C=O) groups excluding carboxylic acids is 1. The Morgan fingerprint density at radius 3 is 2.82 bits per heavy atom. The SMILES string of the molecule is COc1cc(C(=O)N2CC[C@@H]2C(=O)O)cc2c1OCC=CC2. The van der Waals surface area contributed by atoms with Crippen LogP contribution in [0.25, 0.3) is 0 Å². The summed E-state index contributed by atoms with van der Waals surface area (Å²) in [5, 5.41) is 9.08. The molecule has 1 N–H and O–H groups in total. The van der Waals surface area contributed by atoms with Gasteiger partial charge in [0.1, 0.15) is 12.6 Å². The minimum absolute atomic E-state index is 0.284. The molecular formula is C16H17NO5. The zero-order valence-electron chi connectivity index (χ0n) is 12.2. The molecule has 1 aromatic carbocycles. The molecule has 2 aliphatic heterocycles. The number of fused-ring (bicyclic) bond motifs is 1. The van der Waals surface area contributed by atoms with E-state index in [0.29, 0.717) is 43.1 Å². The Kier molecular flexibility index (Phi) is 3.75. The second-order valence-electron chi connectivity index (χ2n) is 5.29. The number of rotatable bonds is 3. The summed E-state index contributed by atoms with van der Waals surface area (Å²) in [6.45, 7) is 0.926. The number of benzene rings is 1. The van der Waals surface area contributed by atoms with Crippen molar-refractivity contribution in [2.75, 3.05) is 20.3 Å². The summed E-state index contributed by atoms with van der Waals surface area (Å²) in [6, 6.07) is 2.64. The van der Waals surface area contributed by atoms with Crippen molar-refractivity contribution < 1.29 is 24.2 Å². The summed E-state index contributed by atoms with van der Waals surface area (Å²) < 4.78 is 11.0. The standard InChI is InChI=1S/C16H17NO5/c1-21-13-9-11(8-10-4-2-3-7-22-14(10)13)15(18)17-6-5-12(17)16(19)20/h2-3,8-9,12H,4-7H2,1H3,(H,19,20)/t12-/m1/s1. The van der Waals surface area contributed by atoms with E-state index >= 15 is 0 Å². The highest BCUT2D eigenvalue weighted by Gasteiger charge is 2.38. The van der Waals surface area contributed by atoms with E-state index in [9.17, 15) is 9.59 Å². The maximum Gasteiger partial charge on any atom is 0.326 e. The van der Waals surface area contributed by atoms with Crippen LogP contribution >= 0.6 is 0 Å². The second-order valence-corrected chi connectivity index (χ2v) is 5.29. The summed E-state index contributed by atoms with van der Waals surface area (Å²) in [5.74, 6) is -0.111. The van der Waals surface area contributed by atoms with E-state index < -0.39 is 12.0 Å². The summed E-state index contributed by atoms with van der Waals surface area (Å²) in [7, 11) is 1.52. The molecule has 0 spiro atoms. The minimum atomic E-state index is -0.965. The van der Waals surface area contributed by atoms with Gasteiger partial charge >= 0.3 is 5.97 Å². The maximum absolute atomic E-state index is 12.5. The number of nitrogens with zero attached hydrogens (tertiary/aromatic N) is 1. The van der Waals surface area contributed by atoms with Crippen LogP contribution in [-0.4, -0.2) is 48.2 Å². The lowest BCUT2D eigenvalue weighted by molar-refractivity contribution is -0.146. The minimum Gasteiger partial charge on any atom is -0.493 e. The lowest BCUT2D eigenvalue weighted by atomic mass is 9.99. The van der Waals surface area contributed by atoms with Gasteiger partial charge in [0.2, 0.25) is 0 Å². The molecule has 1 aromatic rings. The average Bonchev–Trinajstić information content (AvgIpc) is 2.69. The number of hydrogen-bond donors (Lipinski definition) is 1. The third-order valence-electron chi connectivity index (χ3n) is 3.99. The highest BCUT2D eigenvalue weighted by atomic mass is 16.5. The Balaban J connectivity index is 1.94. The zero-order chi connectivity index (χ0) is 15.7. The quantitative estimate of drug-likeness (QED) is 0.856. The molecule has 22 heavy (non-hydrogen) atoms. The van der Waals surface area contributed by atoms with Crippen molar-refractivity contribution in [1.29, 1.82) is 0 Å². The first-order valence-corrected chi connectivity index (χ1v) is 7.14. The molecule has 0 bridgehead atoms. The largest absolute Gasteiger partial charge is 0.493 e. The summed E-state index contributed by atoms with van der Waals surface area (Å²) in [5.41, 5.74) is 1.30. The molecular weight excluding hydrogens is 286 g/mol. The van der Waals surface area contributed by atoms with Crippen LogP contribution in [-0.2, 0) is 11.2 Å². The first-order chi connectivity index (χ1) is 10.6. The van der Waals surface area contributed by atoms with E-state index in [1.807, 2.05) is 12.2 Å². The number of carboxylic acid groups (broad SMARTS) is 1. The van der Waals surface area contributed by atoms with E-state index in [2.05, 4.69) is 0 Å². The van der Waals surface area contributed by atoms with Crippen molar-refractivity contribution in [2.45, 2.75) is 18.9 Å². The molecule has 2 heterocycles. The highest BCUT2D eigenvalue weighted by molar-refractivity contribution is 5.98. The van der Waals surface area contributed by atoms with Gasteiger partial charge in [-0.05, 0) is 25.0 Å². The van der Waals surface area contributed by atoms with Crippen LogP contribution in [0, 0.1) is 0 Å². The van der Waals surface area contributed by atoms with Crippen LogP contribution in [0.5, 0.6) is 11.5 Å². The number of aliphatic carboxylic acids is 1. The van der Waals surface area contributed by atoms with Gasteiger partial charge in [0.25, 0.3) is 5.91 Å². The fourth-order valence-corrected chi connectivity index (χ4v) is 2.71. The smallest absolute Gasteiger partial charge is 0.326 e. The van der Waals surface area contributed by atoms with Crippen LogP contribution in [0.15, 0.2) is 24.3 Å². The number of amides is 1. The molecule has 6 nitrogen and oxygen atoms in total. The van der Waals surface area contributed by atoms with Gasteiger partial charge in [-0.1, -0.05) is 12.2 Å². The fraction of sp³-hybridized carbons (Fsp3) is 0.375. The predicted octanol–water partition coefficient (Wildman–Crippen LogP) is 1.49. The number of methoxy groups -OCH3 is 1. The van der Waals surface area contributed by atoms with Crippen LogP contribution in [0.4, 0.5) is 0 Å². The van der Waals surface area contributed by atoms with E-state index in [4.69, 9.17) is 14.6 Å². The van der Waals surface area contributed by atoms with Gasteiger partial charge < -0.3 is 19.5 Å². The lowest BCUT2D eigenvalue weighted by Gasteiger charge is -2.38. The highest BCUT2D eigenvalue weighted by Crippen LogP contribution is 2.35. The molecule has 6 heteroatoms. The van der Waals surface area contributed by atoms with Crippen molar-refractivity contribution in [3.8, 4) is 11.5 Å². The van der Waals surface area contributed by atoms with Gasteiger partial charge in [0, 0.05) is 17.7 Å². The number of hydrogen-bond acceptors (Lipinski definition) is 4. The molecule has 0 aliphatic carbocycles. The third-order valence-corrected chi connectivity index (χ3v) is 3.99. The zero-order valence-corrected chi connectivity index (χ0v) is 12.2. The van der Waals surface area contributed by atoms with Crippen molar-refractivity contribution >= 4 is 11.9 Å². The molecule has 1 atom stereocenters. The summed E-state index contributed by atoms with van der Waals surface area (Å²) in [4.78, 5) is 25.0. The first kappa shape index (κ1) is 14.4. The molecule has 116 valence electrons. The van der Waals surface area contributed by atoms with Gasteiger partial charge in [-0.15, -0.1) is 0 Å². The number of allylic oxidation sites excluding steroid dienone is 1. The topological polar surface area (TPSA) is 76.1 Å². The average molecular weight is 303 g/mol. The molecule has 1 saturated heterocycles. The van der Waals surface area contributed by atoms with E-state index in [1.54, 1.807) is 12.1 Å². The van der Waals surface area contributed by atoms with Gasteiger partial charge in [0.05, 0.1) is 7.11 Å². The van der Waals surface area contributed by atoms with E-state index in [0.717, 1.165) is 5.56 Å². The maximum atomic E-state index is 12.5. The van der Waals surface area contributed by atoms with Crippen LogP contribution in [0.2, 0.25) is 0 Å². The van der Waals surface area contributed by atoms with Gasteiger partial charge in [-0.2, -0.15) is 0 Å². The molecule has 0 aromatic heterocycles. The molecule has 0 unspecified atom stereocenters. The summed E-state index contributed by atoms with van der Waals surface area (Å²) >= 11 is 0. The number of carboxylic acids is 1. The predicted molar refractivity (Wildman–Crippen MR) is 78.4 cm³/mol. The van der Waals surface area contributed by atoms with Crippen molar-refractivity contribution in [2.24, 2.45) is 0 Å². The van der Waals surface area contributed by atoms with E-state index in [1.165, 1.54) is 12.0 Å². The van der Waals surface area contributed by atoms with Gasteiger partial charge in [-0.3, -0.25) is 4.79 Å². The Hall–Kier alpha value is -2.50. The number of likely N-dealkylation sites (tertiary alicyclic amines) is 1. The summed E-state index contributed by atoms with van der Waals surface area (Å²) in [6.07, 6.45) is 5.03. The van der Waals surface area contributed by atoms with Gasteiger partial charge in [0.15, 0.2) is 11.5 Å². The van der Waals surface area contributed by atoms with Crippen molar-refractivity contribution in [1.82, 2.24) is 4.90 Å². The Morgan fingerprint density at radius 2 is 2.18 bits per heavy atom. The molecule has 0 radical (unpaired) electrons. The molecule has 3 rings (SSSR count). The third kappa shape index (κ3) is 2.41. The monoisotopic (exact) mass is 303 g/mol. The fourth-order valence-electron chi connectivity index (χ4n) is 2.71. The molecule has 0 saturated carbocycles. The molecule has 1 fully saturated rings. The molecule has 1 amide bonds. The second kappa shape index (κ2) is 5.71.